The lowest BCUT2D eigenvalue weighted by Gasteiger charge is -2.15. The predicted octanol–water partition coefficient (Wildman–Crippen LogP) is 2.58. The molecule has 0 unspecified atom stereocenters. The maximum absolute atomic E-state index is 12.2. The molecule has 1 heterocycles. The molecule has 0 fully saturated rings. The van der Waals surface area contributed by atoms with Gasteiger partial charge in [0.1, 0.15) is 0 Å². The molecule has 0 atom stereocenters. The van der Waals surface area contributed by atoms with Gasteiger partial charge in [-0.1, -0.05) is 15.9 Å². The van der Waals surface area contributed by atoms with E-state index in [1.807, 2.05) is 0 Å². The van der Waals surface area contributed by atoms with Crippen molar-refractivity contribution in [2.75, 3.05) is 7.11 Å². The van der Waals surface area contributed by atoms with E-state index in [2.05, 4.69) is 30.4 Å². The van der Waals surface area contributed by atoms with Crippen LogP contribution < -0.4 is 9.47 Å². The van der Waals surface area contributed by atoms with Crippen LogP contribution >= 0.6 is 15.9 Å². The molecule has 9 heteroatoms. The first-order chi connectivity index (χ1) is 8.30. The minimum absolute atomic E-state index is 0.0459. The number of ether oxygens (including phenoxy) is 2. The third-order valence-electron chi connectivity index (χ3n) is 1.84. The Kier molecular flexibility index (Phi) is 4.38. The van der Waals surface area contributed by atoms with Crippen molar-refractivity contribution in [3.8, 4) is 11.6 Å². The van der Waals surface area contributed by atoms with Crippen molar-refractivity contribution in [2.24, 2.45) is 0 Å². The van der Waals surface area contributed by atoms with Crippen LogP contribution in [0.2, 0.25) is 0 Å². The van der Waals surface area contributed by atoms with Gasteiger partial charge in [-0.15, -0.1) is 13.2 Å². The number of hydrogen-bond donors (Lipinski definition) is 1. The second-order valence-corrected chi connectivity index (χ2v) is 3.54. The number of pyridine rings is 1. The summed E-state index contributed by atoms with van der Waals surface area (Å²) in [5, 5.41) is 8.87. The van der Waals surface area contributed by atoms with Crippen LogP contribution in [0.15, 0.2) is 6.20 Å². The molecule has 1 aromatic rings. The van der Waals surface area contributed by atoms with E-state index >= 15 is 0 Å². The number of alkyl halides is 4. The SMILES string of the molecule is COc1ncc(CBr)c(OC(F)(F)F)c1C(=O)O. The molecular weight excluding hydrogens is 323 g/mol. The lowest BCUT2D eigenvalue weighted by molar-refractivity contribution is -0.275. The minimum Gasteiger partial charge on any atom is -0.480 e. The van der Waals surface area contributed by atoms with Crippen LogP contribution in [0.1, 0.15) is 15.9 Å². The van der Waals surface area contributed by atoms with E-state index in [4.69, 9.17) is 5.11 Å². The van der Waals surface area contributed by atoms with Gasteiger partial charge >= 0.3 is 12.3 Å². The second kappa shape index (κ2) is 5.42. The number of carboxylic acids is 1. The number of carboxylic acid groups (broad SMARTS) is 1. The van der Waals surface area contributed by atoms with E-state index in [1.165, 1.54) is 0 Å². The summed E-state index contributed by atoms with van der Waals surface area (Å²) in [5.41, 5.74) is -0.822. The van der Waals surface area contributed by atoms with Gasteiger partial charge in [-0.25, -0.2) is 9.78 Å². The van der Waals surface area contributed by atoms with Crippen molar-refractivity contribution in [1.29, 1.82) is 0 Å². The van der Waals surface area contributed by atoms with Gasteiger partial charge in [-0.05, 0) is 0 Å². The van der Waals surface area contributed by atoms with Crippen molar-refractivity contribution < 1.29 is 32.5 Å². The zero-order chi connectivity index (χ0) is 13.9. The first-order valence-electron chi connectivity index (χ1n) is 4.41. The van der Waals surface area contributed by atoms with Crippen molar-refractivity contribution in [3.63, 3.8) is 0 Å². The molecule has 0 aliphatic carbocycles. The molecule has 0 aliphatic rings. The van der Waals surface area contributed by atoms with Gasteiger partial charge in [0.25, 0.3) is 0 Å². The van der Waals surface area contributed by atoms with E-state index in [-0.39, 0.29) is 10.9 Å². The van der Waals surface area contributed by atoms with Gasteiger partial charge in [0.05, 0.1) is 7.11 Å². The normalized spacial score (nSPS) is 11.2. The van der Waals surface area contributed by atoms with Crippen molar-refractivity contribution in [1.82, 2.24) is 4.98 Å². The largest absolute Gasteiger partial charge is 0.573 e. The number of nitrogens with zero attached hydrogens (tertiary/aromatic N) is 1. The molecule has 1 rings (SSSR count). The number of hydrogen-bond acceptors (Lipinski definition) is 4. The highest BCUT2D eigenvalue weighted by Gasteiger charge is 2.35. The molecule has 0 aromatic carbocycles. The highest BCUT2D eigenvalue weighted by molar-refractivity contribution is 9.08. The molecule has 0 aliphatic heterocycles. The van der Waals surface area contributed by atoms with Gasteiger partial charge in [0.2, 0.25) is 5.88 Å². The lowest BCUT2D eigenvalue weighted by atomic mass is 10.2. The maximum atomic E-state index is 12.2. The lowest BCUT2D eigenvalue weighted by Crippen LogP contribution is -2.21. The summed E-state index contributed by atoms with van der Waals surface area (Å²) in [4.78, 5) is 14.6. The average Bonchev–Trinajstić information content (AvgIpc) is 2.25. The molecule has 0 amide bonds. The molecular formula is C9H7BrF3NO4. The Labute approximate surface area is 108 Å². The van der Waals surface area contributed by atoms with Gasteiger partial charge in [0, 0.05) is 17.1 Å². The Morgan fingerprint density at radius 1 is 1.56 bits per heavy atom. The summed E-state index contributed by atoms with van der Waals surface area (Å²) in [6.07, 6.45) is -3.96. The molecule has 0 bridgehead atoms. The van der Waals surface area contributed by atoms with Crippen LogP contribution in [0.25, 0.3) is 0 Å². The van der Waals surface area contributed by atoms with Gasteiger partial charge in [0.15, 0.2) is 11.3 Å². The van der Waals surface area contributed by atoms with E-state index in [0.29, 0.717) is 0 Å². The number of carbonyl (C=O) groups is 1. The molecule has 0 saturated heterocycles. The van der Waals surface area contributed by atoms with Crippen LogP contribution in [-0.2, 0) is 5.33 Å². The maximum Gasteiger partial charge on any atom is 0.573 e. The Bertz CT molecular complexity index is 464. The van der Waals surface area contributed by atoms with E-state index in [9.17, 15) is 18.0 Å². The van der Waals surface area contributed by atoms with Crippen LogP contribution in [-0.4, -0.2) is 29.5 Å². The third-order valence-corrected chi connectivity index (χ3v) is 2.44. The summed E-state index contributed by atoms with van der Waals surface area (Å²) in [6.45, 7) is 0. The molecule has 0 saturated carbocycles. The highest BCUT2D eigenvalue weighted by Crippen LogP contribution is 2.35. The highest BCUT2D eigenvalue weighted by atomic mass is 79.9. The Morgan fingerprint density at radius 3 is 2.56 bits per heavy atom. The van der Waals surface area contributed by atoms with Crippen molar-refractivity contribution >= 4 is 21.9 Å². The fourth-order valence-electron chi connectivity index (χ4n) is 1.19. The Morgan fingerprint density at radius 2 is 2.17 bits per heavy atom. The van der Waals surface area contributed by atoms with Crippen molar-refractivity contribution in [2.45, 2.75) is 11.7 Å². The standard InChI is InChI=1S/C9H7BrF3NO4/c1-17-7-5(8(15)16)6(18-9(11,12)13)4(2-10)3-14-7/h3H,2H2,1H3,(H,15,16). The fraction of sp³-hybridized carbons (Fsp3) is 0.333. The number of methoxy groups -OCH3 is 1. The van der Waals surface area contributed by atoms with Gasteiger partial charge < -0.3 is 14.6 Å². The number of aromatic nitrogens is 1. The second-order valence-electron chi connectivity index (χ2n) is 2.98. The summed E-state index contributed by atoms with van der Waals surface area (Å²) < 4.78 is 45.1. The van der Waals surface area contributed by atoms with Gasteiger partial charge in [-0.2, -0.15) is 0 Å². The van der Waals surface area contributed by atoms with Crippen LogP contribution in [0, 0.1) is 0 Å². The molecule has 1 N–H and O–H groups in total. The summed E-state index contributed by atoms with van der Waals surface area (Å²) >= 11 is 2.92. The third kappa shape index (κ3) is 3.25. The number of aromatic carboxylic acids is 1. The zero-order valence-corrected chi connectivity index (χ0v) is 10.5. The Hall–Kier alpha value is -1.51. The van der Waals surface area contributed by atoms with Gasteiger partial charge in [-0.3, -0.25) is 0 Å². The Balaban J connectivity index is 3.45. The molecule has 0 spiro atoms. The molecule has 0 radical (unpaired) electrons. The quantitative estimate of drug-likeness (QED) is 0.860. The monoisotopic (exact) mass is 329 g/mol. The molecule has 100 valence electrons. The number of rotatable bonds is 4. The minimum atomic E-state index is -5.01. The topological polar surface area (TPSA) is 68.7 Å². The average molecular weight is 330 g/mol. The zero-order valence-electron chi connectivity index (χ0n) is 8.92. The summed E-state index contributed by atoms with van der Waals surface area (Å²) in [6, 6.07) is 0. The summed E-state index contributed by atoms with van der Waals surface area (Å²) in [7, 11) is 1.10. The van der Waals surface area contributed by atoms with Crippen molar-refractivity contribution in [3.05, 3.63) is 17.3 Å². The van der Waals surface area contributed by atoms with Crippen LogP contribution in [0.3, 0.4) is 0 Å². The summed E-state index contributed by atoms with van der Waals surface area (Å²) in [5.74, 6) is -2.91. The van der Waals surface area contributed by atoms with Crippen LogP contribution in [0.5, 0.6) is 11.6 Å². The molecule has 1 aromatic heterocycles. The van der Waals surface area contributed by atoms with E-state index in [0.717, 1.165) is 13.3 Å². The first-order valence-corrected chi connectivity index (χ1v) is 5.53. The fourth-order valence-corrected chi connectivity index (χ4v) is 1.59. The number of halogens is 4. The first kappa shape index (κ1) is 14.6. The molecule has 18 heavy (non-hydrogen) atoms. The predicted molar refractivity (Wildman–Crippen MR) is 57.1 cm³/mol. The molecule has 5 nitrogen and oxygen atoms in total. The van der Waals surface area contributed by atoms with E-state index < -0.39 is 29.5 Å². The van der Waals surface area contributed by atoms with Crippen LogP contribution in [0.4, 0.5) is 13.2 Å². The smallest absolute Gasteiger partial charge is 0.480 e. The van der Waals surface area contributed by atoms with E-state index in [1.54, 1.807) is 0 Å².